The highest BCUT2D eigenvalue weighted by Gasteiger charge is 2.32. The quantitative estimate of drug-likeness (QED) is 0.774. The van der Waals surface area contributed by atoms with Crippen LogP contribution < -0.4 is 0 Å². The minimum atomic E-state index is -0.428. The Morgan fingerprint density at radius 1 is 1.59 bits per heavy atom. The van der Waals surface area contributed by atoms with E-state index >= 15 is 0 Å². The lowest BCUT2D eigenvalue weighted by atomic mass is 9.92. The second-order valence-electron chi connectivity index (χ2n) is 5.21. The zero-order valence-electron chi connectivity index (χ0n) is 10.7. The second kappa shape index (κ2) is 4.78. The number of methoxy groups -OCH3 is 1. The van der Waals surface area contributed by atoms with Gasteiger partial charge in [-0.2, -0.15) is 0 Å². The summed E-state index contributed by atoms with van der Waals surface area (Å²) < 4.78 is 4.85. The summed E-state index contributed by atoms with van der Waals surface area (Å²) in [4.78, 5) is 15.5. The number of nitrogens with zero attached hydrogens (tertiary/aromatic N) is 1. The molecule has 0 unspecified atom stereocenters. The van der Waals surface area contributed by atoms with Gasteiger partial charge in [-0.3, -0.25) is 9.69 Å². The molecule has 0 spiro atoms. The average molecular weight is 253 g/mol. The molecule has 3 nitrogen and oxygen atoms in total. The molecule has 0 atom stereocenters. The maximum absolute atomic E-state index is 11.7. The summed E-state index contributed by atoms with van der Waals surface area (Å²) in [6, 6.07) is 2.19. The normalized spacial score (nSPS) is 16.6. The molecule has 4 heteroatoms. The van der Waals surface area contributed by atoms with E-state index in [9.17, 15) is 4.79 Å². The van der Waals surface area contributed by atoms with Crippen molar-refractivity contribution in [2.24, 2.45) is 5.41 Å². The number of fused-ring (bicyclic) bond motifs is 1. The molecule has 0 saturated carbocycles. The highest BCUT2D eigenvalue weighted by molar-refractivity contribution is 7.10. The summed E-state index contributed by atoms with van der Waals surface area (Å²) in [5.74, 6) is -0.131. The first kappa shape index (κ1) is 12.6. The molecule has 17 heavy (non-hydrogen) atoms. The Morgan fingerprint density at radius 2 is 2.35 bits per heavy atom. The van der Waals surface area contributed by atoms with Gasteiger partial charge in [0.15, 0.2) is 0 Å². The number of carbonyl (C=O) groups is 1. The van der Waals surface area contributed by atoms with Crippen molar-refractivity contribution >= 4 is 17.3 Å². The Kier molecular flexibility index (Phi) is 3.54. The number of carbonyl (C=O) groups excluding carboxylic acids is 1. The monoisotopic (exact) mass is 253 g/mol. The molecule has 0 aromatic carbocycles. The van der Waals surface area contributed by atoms with Crippen LogP contribution in [-0.4, -0.2) is 31.1 Å². The molecule has 0 radical (unpaired) electrons. The highest BCUT2D eigenvalue weighted by Crippen LogP contribution is 2.27. The van der Waals surface area contributed by atoms with Crippen LogP contribution in [0.3, 0.4) is 0 Å². The van der Waals surface area contributed by atoms with Crippen LogP contribution in [-0.2, 0) is 22.5 Å². The van der Waals surface area contributed by atoms with Crippen LogP contribution >= 0.6 is 11.3 Å². The van der Waals surface area contributed by atoms with E-state index in [2.05, 4.69) is 16.3 Å². The number of rotatable bonds is 3. The number of hydrogen-bond acceptors (Lipinski definition) is 4. The topological polar surface area (TPSA) is 29.5 Å². The fraction of sp³-hybridized carbons (Fsp3) is 0.615. The zero-order valence-corrected chi connectivity index (χ0v) is 11.5. The highest BCUT2D eigenvalue weighted by atomic mass is 32.1. The predicted molar refractivity (Wildman–Crippen MR) is 69.1 cm³/mol. The van der Waals surface area contributed by atoms with Crippen molar-refractivity contribution in [3.05, 3.63) is 21.9 Å². The Bertz CT molecular complexity index is 411. The van der Waals surface area contributed by atoms with E-state index < -0.39 is 5.41 Å². The molecule has 2 rings (SSSR count). The Morgan fingerprint density at radius 3 is 3.06 bits per heavy atom. The lowest BCUT2D eigenvalue weighted by Gasteiger charge is -2.33. The minimum absolute atomic E-state index is 0.131. The SMILES string of the molecule is COC(=O)C(C)(C)CN1CCc2sccc2C1. The molecule has 1 aromatic heterocycles. The molecule has 1 aliphatic heterocycles. The minimum Gasteiger partial charge on any atom is -0.469 e. The summed E-state index contributed by atoms with van der Waals surface area (Å²) in [7, 11) is 1.46. The molecule has 0 fully saturated rings. The molecule has 0 bridgehead atoms. The third-order valence-corrected chi connectivity index (χ3v) is 4.27. The molecular formula is C13H19NO2S. The molecule has 94 valence electrons. The molecule has 0 N–H and O–H groups in total. The van der Waals surface area contributed by atoms with Crippen LogP contribution in [0.5, 0.6) is 0 Å². The van der Waals surface area contributed by atoms with Crippen LogP contribution in [0.15, 0.2) is 11.4 Å². The number of thiophene rings is 1. The second-order valence-corrected chi connectivity index (χ2v) is 6.21. The Balaban J connectivity index is 2.00. The van der Waals surface area contributed by atoms with Gasteiger partial charge >= 0.3 is 5.97 Å². The molecule has 1 aromatic rings. The van der Waals surface area contributed by atoms with Crippen molar-refractivity contribution < 1.29 is 9.53 Å². The van der Waals surface area contributed by atoms with E-state index in [-0.39, 0.29) is 5.97 Å². The van der Waals surface area contributed by atoms with Crippen molar-refractivity contribution in [2.75, 3.05) is 20.2 Å². The predicted octanol–water partition coefficient (Wildman–Crippen LogP) is 2.31. The standard InChI is InChI=1S/C13H19NO2S/c1-13(2,12(15)16-3)9-14-6-4-11-10(8-14)5-7-17-11/h5,7H,4,6,8-9H2,1-3H3. The van der Waals surface area contributed by atoms with Gasteiger partial charge in [-0.25, -0.2) is 0 Å². The summed E-state index contributed by atoms with van der Waals surface area (Å²) in [5.41, 5.74) is 0.990. The van der Waals surface area contributed by atoms with Crippen molar-refractivity contribution in [1.82, 2.24) is 4.90 Å². The molecule has 0 amide bonds. The smallest absolute Gasteiger partial charge is 0.312 e. The third kappa shape index (κ3) is 2.69. The van der Waals surface area contributed by atoms with Gasteiger partial charge in [0.1, 0.15) is 0 Å². The van der Waals surface area contributed by atoms with Gasteiger partial charge in [-0.1, -0.05) is 0 Å². The van der Waals surface area contributed by atoms with Gasteiger partial charge < -0.3 is 4.74 Å². The van der Waals surface area contributed by atoms with Crippen LogP contribution in [0.4, 0.5) is 0 Å². The van der Waals surface area contributed by atoms with Crippen molar-refractivity contribution in [1.29, 1.82) is 0 Å². The van der Waals surface area contributed by atoms with E-state index in [1.165, 1.54) is 17.6 Å². The van der Waals surface area contributed by atoms with Gasteiger partial charge in [0, 0.05) is 24.5 Å². The van der Waals surface area contributed by atoms with Gasteiger partial charge in [-0.05, 0) is 37.3 Å². The van der Waals surface area contributed by atoms with E-state index in [1.54, 1.807) is 0 Å². The van der Waals surface area contributed by atoms with E-state index in [1.807, 2.05) is 25.2 Å². The summed E-state index contributed by atoms with van der Waals surface area (Å²) in [6.07, 6.45) is 1.10. The van der Waals surface area contributed by atoms with Crippen LogP contribution in [0.1, 0.15) is 24.3 Å². The Labute approximate surface area is 106 Å². The lowest BCUT2D eigenvalue weighted by molar-refractivity contribution is -0.151. The lowest BCUT2D eigenvalue weighted by Crippen LogP contribution is -2.41. The molecular weight excluding hydrogens is 234 g/mol. The fourth-order valence-electron chi connectivity index (χ4n) is 2.34. The number of esters is 1. The van der Waals surface area contributed by atoms with Crippen LogP contribution in [0.2, 0.25) is 0 Å². The van der Waals surface area contributed by atoms with Gasteiger partial charge in [0.05, 0.1) is 12.5 Å². The number of hydrogen-bond donors (Lipinski definition) is 0. The zero-order chi connectivity index (χ0) is 12.5. The van der Waals surface area contributed by atoms with Crippen molar-refractivity contribution in [3.63, 3.8) is 0 Å². The number of ether oxygens (including phenoxy) is 1. The molecule has 0 aliphatic carbocycles. The van der Waals surface area contributed by atoms with Crippen molar-refractivity contribution in [2.45, 2.75) is 26.8 Å². The maximum Gasteiger partial charge on any atom is 0.312 e. The molecule has 2 heterocycles. The third-order valence-electron chi connectivity index (χ3n) is 3.24. The van der Waals surface area contributed by atoms with E-state index in [0.717, 1.165) is 26.1 Å². The van der Waals surface area contributed by atoms with Crippen LogP contribution in [0.25, 0.3) is 0 Å². The van der Waals surface area contributed by atoms with Gasteiger partial charge in [0.25, 0.3) is 0 Å². The average Bonchev–Trinajstić information content (AvgIpc) is 2.74. The van der Waals surface area contributed by atoms with Gasteiger partial charge in [-0.15, -0.1) is 11.3 Å². The van der Waals surface area contributed by atoms with Gasteiger partial charge in [0.2, 0.25) is 0 Å². The first-order valence-electron chi connectivity index (χ1n) is 5.89. The first-order chi connectivity index (χ1) is 8.03. The summed E-state index contributed by atoms with van der Waals surface area (Å²) >= 11 is 1.84. The summed E-state index contributed by atoms with van der Waals surface area (Å²) in [5, 5.41) is 2.15. The van der Waals surface area contributed by atoms with E-state index in [4.69, 9.17) is 4.74 Å². The Hall–Kier alpha value is -0.870. The van der Waals surface area contributed by atoms with Crippen molar-refractivity contribution in [3.8, 4) is 0 Å². The van der Waals surface area contributed by atoms with Crippen LogP contribution in [0, 0.1) is 5.41 Å². The maximum atomic E-state index is 11.7. The summed E-state index contributed by atoms with van der Waals surface area (Å²) in [6.45, 7) is 6.64. The van der Waals surface area contributed by atoms with E-state index in [0.29, 0.717) is 0 Å². The first-order valence-corrected chi connectivity index (χ1v) is 6.77. The largest absolute Gasteiger partial charge is 0.469 e. The molecule has 1 aliphatic rings. The molecule has 0 saturated heterocycles. The fourth-order valence-corrected chi connectivity index (χ4v) is 3.23.